The third-order valence-corrected chi connectivity index (χ3v) is 2.28. The lowest BCUT2D eigenvalue weighted by atomic mass is 10.0. The molecule has 82 valence electrons. The molecular weight excluding hydrogens is 221 g/mol. The van der Waals surface area contributed by atoms with Crippen molar-refractivity contribution < 1.29 is 13.9 Å². The van der Waals surface area contributed by atoms with Gasteiger partial charge >= 0.3 is 6.09 Å². The number of cyclic esters (lactones) is 1. The lowest BCUT2D eigenvalue weighted by Crippen LogP contribution is -2.19. The van der Waals surface area contributed by atoms with Gasteiger partial charge in [0.1, 0.15) is 12.4 Å². The molecule has 1 heterocycles. The highest BCUT2D eigenvalue weighted by Crippen LogP contribution is 2.22. The second-order valence-electron chi connectivity index (χ2n) is 3.30. The van der Waals surface area contributed by atoms with E-state index in [1.165, 1.54) is 12.1 Å². The number of aryl methyl sites for hydroxylation is 1. The Labute approximate surface area is 93.0 Å². The van der Waals surface area contributed by atoms with Crippen molar-refractivity contribution in [3.63, 3.8) is 0 Å². The van der Waals surface area contributed by atoms with Crippen molar-refractivity contribution in [1.29, 1.82) is 0 Å². The van der Waals surface area contributed by atoms with Crippen molar-refractivity contribution in [3.05, 3.63) is 35.1 Å². The smallest absolute Gasteiger partial charge is 0.407 e. The summed E-state index contributed by atoms with van der Waals surface area (Å²) in [6, 6.07) is 4.35. The number of hydrogen-bond acceptors (Lipinski definition) is 2. The average Bonchev–Trinajstić information content (AvgIpc) is 2.51. The van der Waals surface area contributed by atoms with E-state index in [0.717, 1.165) is 11.1 Å². The molecule has 1 saturated heterocycles. The fourth-order valence-corrected chi connectivity index (χ4v) is 1.58. The van der Waals surface area contributed by atoms with Crippen LogP contribution in [-0.4, -0.2) is 12.7 Å². The zero-order valence-corrected chi connectivity index (χ0v) is 8.94. The van der Waals surface area contributed by atoms with E-state index in [2.05, 4.69) is 5.32 Å². The third kappa shape index (κ3) is 2.39. The van der Waals surface area contributed by atoms with Crippen LogP contribution in [0.2, 0.25) is 0 Å². The standard InChI is InChI=1S/C10H10FNO2.ClH/c1-6-4-7(11)2-3-8(6)9-5-14-10(13)12-9;/h2-4,9H,5H2,1H3,(H,12,13);1H/t9-;/m0./s1. The minimum Gasteiger partial charge on any atom is -0.447 e. The van der Waals surface area contributed by atoms with Crippen molar-refractivity contribution in [2.75, 3.05) is 6.61 Å². The Morgan fingerprint density at radius 1 is 1.53 bits per heavy atom. The number of ether oxygens (including phenoxy) is 1. The van der Waals surface area contributed by atoms with Gasteiger partial charge in [-0.15, -0.1) is 12.4 Å². The molecule has 0 unspecified atom stereocenters. The molecule has 1 aliphatic heterocycles. The monoisotopic (exact) mass is 231 g/mol. The van der Waals surface area contributed by atoms with E-state index < -0.39 is 6.09 Å². The highest BCUT2D eigenvalue weighted by Gasteiger charge is 2.24. The molecule has 0 radical (unpaired) electrons. The lowest BCUT2D eigenvalue weighted by Gasteiger charge is -2.10. The topological polar surface area (TPSA) is 38.3 Å². The minimum atomic E-state index is -0.418. The molecule has 1 N–H and O–H groups in total. The average molecular weight is 232 g/mol. The Balaban J connectivity index is 0.00000112. The Morgan fingerprint density at radius 2 is 2.27 bits per heavy atom. The molecule has 5 heteroatoms. The van der Waals surface area contributed by atoms with Crippen molar-refractivity contribution >= 4 is 18.5 Å². The summed E-state index contributed by atoms with van der Waals surface area (Å²) in [5.41, 5.74) is 1.72. The van der Waals surface area contributed by atoms with Crippen LogP contribution in [-0.2, 0) is 4.74 Å². The number of carbonyl (C=O) groups excluding carboxylic acids is 1. The number of rotatable bonds is 1. The van der Waals surface area contributed by atoms with E-state index in [9.17, 15) is 9.18 Å². The maximum atomic E-state index is 12.8. The first-order valence-corrected chi connectivity index (χ1v) is 4.36. The van der Waals surface area contributed by atoms with Crippen LogP contribution in [0.3, 0.4) is 0 Å². The SMILES string of the molecule is Cc1cc(F)ccc1[C@@H]1COC(=O)N1.Cl. The van der Waals surface area contributed by atoms with E-state index in [1.54, 1.807) is 6.07 Å². The molecule has 0 saturated carbocycles. The number of hydrogen-bond donors (Lipinski definition) is 1. The zero-order valence-electron chi connectivity index (χ0n) is 8.12. The second kappa shape index (κ2) is 4.49. The fraction of sp³-hybridized carbons (Fsp3) is 0.300. The fourth-order valence-electron chi connectivity index (χ4n) is 1.58. The molecule has 1 aromatic carbocycles. The normalized spacial score (nSPS) is 19.1. The molecule has 1 atom stereocenters. The van der Waals surface area contributed by atoms with Gasteiger partial charge in [-0.1, -0.05) is 6.07 Å². The van der Waals surface area contributed by atoms with E-state index in [1.807, 2.05) is 6.92 Å². The maximum absolute atomic E-state index is 12.8. The van der Waals surface area contributed by atoms with Crippen LogP contribution in [0.5, 0.6) is 0 Å². The molecule has 1 aliphatic rings. The molecule has 15 heavy (non-hydrogen) atoms. The molecule has 2 rings (SSSR count). The number of benzene rings is 1. The van der Waals surface area contributed by atoms with E-state index in [4.69, 9.17) is 4.74 Å². The lowest BCUT2D eigenvalue weighted by molar-refractivity contribution is 0.177. The third-order valence-electron chi connectivity index (χ3n) is 2.28. The van der Waals surface area contributed by atoms with Crippen LogP contribution in [0.4, 0.5) is 9.18 Å². The highest BCUT2D eigenvalue weighted by molar-refractivity contribution is 5.85. The van der Waals surface area contributed by atoms with E-state index in [0.29, 0.717) is 6.61 Å². The first-order valence-electron chi connectivity index (χ1n) is 4.36. The second-order valence-corrected chi connectivity index (χ2v) is 3.30. The van der Waals surface area contributed by atoms with Crippen LogP contribution >= 0.6 is 12.4 Å². The van der Waals surface area contributed by atoms with Crippen molar-refractivity contribution in [2.24, 2.45) is 0 Å². The van der Waals surface area contributed by atoms with E-state index >= 15 is 0 Å². The number of carbonyl (C=O) groups is 1. The number of alkyl carbamates (subject to hydrolysis) is 1. The summed E-state index contributed by atoms with van der Waals surface area (Å²) in [5.74, 6) is -0.267. The van der Waals surface area contributed by atoms with Gasteiger partial charge in [-0.05, 0) is 30.2 Å². The summed E-state index contributed by atoms with van der Waals surface area (Å²) in [4.78, 5) is 10.8. The van der Waals surface area contributed by atoms with Gasteiger partial charge < -0.3 is 10.1 Å². The quantitative estimate of drug-likeness (QED) is 0.806. The zero-order chi connectivity index (χ0) is 10.1. The summed E-state index contributed by atoms with van der Waals surface area (Å²) in [7, 11) is 0. The summed E-state index contributed by atoms with van der Waals surface area (Å²) in [5, 5.41) is 2.65. The summed E-state index contributed by atoms with van der Waals surface area (Å²) >= 11 is 0. The molecule has 1 amide bonds. The minimum absolute atomic E-state index is 0. The molecule has 0 spiro atoms. The van der Waals surface area contributed by atoms with Gasteiger partial charge in [-0.3, -0.25) is 0 Å². The molecular formula is C10H11ClFNO2. The molecule has 1 aromatic rings. The van der Waals surface area contributed by atoms with E-state index in [-0.39, 0.29) is 24.3 Å². The predicted octanol–water partition coefficient (Wildman–Crippen LogP) is 2.34. The van der Waals surface area contributed by atoms with Gasteiger partial charge in [0.25, 0.3) is 0 Å². The molecule has 3 nitrogen and oxygen atoms in total. The van der Waals surface area contributed by atoms with Gasteiger partial charge in [0.2, 0.25) is 0 Å². The van der Waals surface area contributed by atoms with Crippen LogP contribution < -0.4 is 5.32 Å². The van der Waals surface area contributed by atoms with Crippen LogP contribution in [0, 0.1) is 12.7 Å². The van der Waals surface area contributed by atoms with Crippen LogP contribution in [0.15, 0.2) is 18.2 Å². The predicted molar refractivity (Wildman–Crippen MR) is 55.6 cm³/mol. The Hall–Kier alpha value is -1.29. The van der Waals surface area contributed by atoms with Gasteiger partial charge in [0.15, 0.2) is 0 Å². The summed E-state index contributed by atoms with van der Waals surface area (Å²) in [6.07, 6.45) is -0.418. The Morgan fingerprint density at radius 3 is 2.80 bits per heavy atom. The maximum Gasteiger partial charge on any atom is 0.407 e. The molecule has 0 aromatic heterocycles. The molecule has 0 bridgehead atoms. The summed E-state index contributed by atoms with van der Waals surface area (Å²) < 4.78 is 17.6. The highest BCUT2D eigenvalue weighted by atomic mass is 35.5. The number of amides is 1. The van der Waals surface area contributed by atoms with Crippen molar-refractivity contribution in [3.8, 4) is 0 Å². The van der Waals surface area contributed by atoms with Gasteiger partial charge in [0.05, 0.1) is 6.04 Å². The first kappa shape index (κ1) is 11.8. The Kier molecular flexibility index (Phi) is 3.52. The van der Waals surface area contributed by atoms with Crippen molar-refractivity contribution in [2.45, 2.75) is 13.0 Å². The summed E-state index contributed by atoms with van der Waals surface area (Å²) in [6.45, 7) is 2.12. The first-order chi connectivity index (χ1) is 6.66. The largest absolute Gasteiger partial charge is 0.447 e. The van der Waals surface area contributed by atoms with Crippen molar-refractivity contribution in [1.82, 2.24) is 5.32 Å². The molecule has 0 aliphatic carbocycles. The van der Waals surface area contributed by atoms with Gasteiger partial charge in [-0.2, -0.15) is 0 Å². The van der Waals surface area contributed by atoms with Gasteiger partial charge in [0, 0.05) is 0 Å². The Bertz CT molecular complexity index is 384. The number of halogens is 2. The van der Waals surface area contributed by atoms with Crippen LogP contribution in [0.1, 0.15) is 17.2 Å². The number of nitrogens with one attached hydrogen (secondary N) is 1. The van der Waals surface area contributed by atoms with Crippen LogP contribution in [0.25, 0.3) is 0 Å². The molecule has 1 fully saturated rings. The van der Waals surface area contributed by atoms with Gasteiger partial charge in [-0.25, -0.2) is 9.18 Å².